The fourth-order valence-corrected chi connectivity index (χ4v) is 2.76. The van der Waals surface area contributed by atoms with Crippen molar-refractivity contribution in [3.8, 4) is 0 Å². The van der Waals surface area contributed by atoms with E-state index in [0.717, 1.165) is 11.8 Å². The van der Waals surface area contributed by atoms with Gasteiger partial charge in [-0.25, -0.2) is 9.78 Å². The van der Waals surface area contributed by atoms with E-state index in [2.05, 4.69) is 10.3 Å². The van der Waals surface area contributed by atoms with Crippen molar-refractivity contribution in [1.82, 2.24) is 4.98 Å². The predicted molar refractivity (Wildman–Crippen MR) is 75.8 cm³/mol. The van der Waals surface area contributed by atoms with Crippen molar-refractivity contribution in [2.75, 3.05) is 5.32 Å². The van der Waals surface area contributed by atoms with Crippen LogP contribution in [0.3, 0.4) is 0 Å². The Morgan fingerprint density at radius 3 is 2.79 bits per heavy atom. The summed E-state index contributed by atoms with van der Waals surface area (Å²) in [5, 5.41) is 15.3. The number of carboxylic acid groups (broad SMARTS) is 1. The highest BCUT2D eigenvalue weighted by Gasteiger charge is 2.10. The van der Waals surface area contributed by atoms with E-state index in [-0.39, 0.29) is 5.91 Å². The number of nitrogens with one attached hydrogen (secondary N) is 1. The number of carbonyl (C=O) groups is 2. The van der Waals surface area contributed by atoms with Crippen molar-refractivity contribution in [1.29, 1.82) is 0 Å². The minimum atomic E-state index is -1.02. The summed E-state index contributed by atoms with van der Waals surface area (Å²) in [6.07, 6.45) is 2.50. The van der Waals surface area contributed by atoms with Gasteiger partial charge in [0.05, 0.1) is 11.3 Å². The number of anilines is 1. The third-order valence-corrected chi connectivity index (χ3v) is 3.89. The molecule has 0 saturated carbocycles. The molecular weight excluding hydrogens is 284 g/mol. The molecule has 0 saturated heterocycles. The molecule has 0 bridgehead atoms. The number of aryl methyl sites for hydroxylation is 1. The van der Waals surface area contributed by atoms with Crippen molar-refractivity contribution in [2.24, 2.45) is 0 Å². The van der Waals surface area contributed by atoms with Crippen molar-refractivity contribution in [3.05, 3.63) is 39.0 Å². The van der Waals surface area contributed by atoms with Crippen LogP contribution >= 0.6 is 22.7 Å². The van der Waals surface area contributed by atoms with Crippen molar-refractivity contribution >= 4 is 45.8 Å². The first-order valence-corrected chi connectivity index (χ1v) is 7.03. The van der Waals surface area contributed by atoms with Crippen LogP contribution in [0.4, 0.5) is 5.13 Å². The lowest BCUT2D eigenvalue weighted by Gasteiger charge is -1.97. The van der Waals surface area contributed by atoms with Gasteiger partial charge in [-0.2, -0.15) is 0 Å². The molecule has 98 valence electrons. The van der Waals surface area contributed by atoms with Gasteiger partial charge in [-0.1, -0.05) is 0 Å². The number of hydrogen-bond donors (Lipinski definition) is 2. The summed E-state index contributed by atoms with van der Waals surface area (Å²) >= 11 is 2.67. The van der Waals surface area contributed by atoms with E-state index in [1.54, 1.807) is 11.4 Å². The maximum atomic E-state index is 11.9. The number of thiophene rings is 1. The lowest BCUT2D eigenvalue weighted by atomic mass is 10.3. The third kappa shape index (κ3) is 3.73. The Morgan fingerprint density at radius 1 is 1.37 bits per heavy atom. The van der Waals surface area contributed by atoms with Crippen LogP contribution in [0.5, 0.6) is 0 Å². The van der Waals surface area contributed by atoms with Crippen LogP contribution in [0.1, 0.15) is 20.9 Å². The molecule has 19 heavy (non-hydrogen) atoms. The molecular formula is C12H10N2O3S2. The fraction of sp³-hybridized carbons (Fsp3) is 0.0833. The first kappa shape index (κ1) is 13.4. The van der Waals surface area contributed by atoms with Gasteiger partial charge in [0.25, 0.3) is 5.91 Å². The standard InChI is InChI=1S/C12H10N2O3S2/c1-7-5-19-12(13-7)14-11(17)8-4-9(18-6-8)2-3-10(15)16/h2-6H,1H3,(H,15,16)(H,13,14,17). The maximum absolute atomic E-state index is 11.9. The lowest BCUT2D eigenvalue weighted by molar-refractivity contribution is -0.131. The average molecular weight is 294 g/mol. The van der Waals surface area contributed by atoms with Gasteiger partial charge in [0, 0.05) is 21.7 Å². The summed E-state index contributed by atoms with van der Waals surface area (Å²) in [6, 6.07) is 1.64. The smallest absolute Gasteiger partial charge is 0.328 e. The van der Waals surface area contributed by atoms with Crippen LogP contribution in [0.2, 0.25) is 0 Å². The lowest BCUT2D eigenvalue weighted by Crippen LogP contribution is -2.10. The summed E-state index contributed by atoms with van der Waals surface area (Å²) < 4.78 is 0. The van der Waals surface area contributed by atoms with Gasteiger partial charge < -0.3 is 5.11 Å². The Bertz CT molecular complexity index is 643. The third-order valence-electron chi connectivity index (χ3n) is 2.11. The van der Waals surface area contributed by atoms with Crippen LogP contribution in [0.15, 0.2) is 22.9 Å². The first-order valence-electron chi connectivity index (χ1n) is 5.27. The second-order valence-electron chi connectivity index (χ2n) is 3.66. The van der Waals surface area contributed by atoms with Gasteiger partial charge >= 0.3 is 5.97 Å². The molecule has 5 nitrogen and oxygen atoms in total. The summed E-state index contributed by atoms with van der Waals surface area (Å²) in [5.41, 5.74) is 1.35. The van der Waals surface area contributed by atoms with E-state index in [1.165, 1.54) is 28.7 Å². The molecule has 2 rings (SSSR count). The number of nitrogens with zero attached hydrogens (tertiary/aromatic N) is 1. The highest BCUT2D eigenvalue weighted by molar-refractivity contribution is 7.14. The number of carboxylic acids is 1. The molecule has 0 aliphatic carbocycles. The normalized spacial score (nSPS) is 10.8. The van der Waals surface area contributed by atoms with Gasteiger partial charge in [0.15, 0.2) is 5.13 Å². The molecule has 0 radical (unpaired) electrons. The minimum Gasteiger partial charge on any atom is -0.478 e. The summed E-state index contributed by atoms with van der Waals surface area (Å²) in [7, 11) is 0. The second kappa shape index (κ2) is 5.77. The van der Waals surface area contributed by atoms with Gasteiger partial charge in [-0.3, -0.25) is 10.1 Å². The predicted octanol–water partition coefficient (Wildman–Crippen LogP) is 2.86. The summed E-state index contributed by atoms with van der Waals surface area (Å²) in [4.78, 5) is 27.1. The second-order valence-corrected chi connectivity index (χ2v) is 5.46. The van der Waals surface area contributed by atoms with E-state index >= 15 is 0 Å². The zero-order valence-electron chi connectivity index (χ0n) is 9.91. The Hall–Kier alpha value is -1.99. The molecule has 0 aromatic carbocycles. The molecule has 0 unspecified atom stereocenters. The minimum absolute atomic E-state index is 0.249. The van der Waals surface area contributed by atoms with E-state index in [4.69, 9.17) is 5.11 Å². The SMILES string of the molecule is Cc1csc(NC(=O)c2csc(C=CC(=O)O)c2)n1. The fourth-order valence-electron chi connectivity index (χ4n) is 1.29. The molecule has 2 aromatic heterocycles. The molecule has 0 fully saturated rings. The molecule has 7 heteroatoms. The van der Waals surface area contributed by atoms with Crippen molar-refractivity contribution in [2.45, 2.75) is 6.92 Å². The molecule has 2 heterocycles. The largest absolute Gasteiger partial charge is 0.478 e. The molecule has 0 spiro atoms. The maximum Gasteiger partial charge on any atom is 0.328 e. The van der Waals surface area contributed by atoms with Crippen molar-refractivity contribution < 1.29 is 14.7 Å². The number of rotatable bonds is 4. The van der Waals surface area contributed by atoms with Gasteiger partial charge in [-0.05, 0) is 19.1 Å². The van der Waals surface area contributed by atoms with Crippen molar-refractivity contribution in [3.63, 3.8) is 0 Å². The number of aliphatic carboxylic acids is 1. The molecule has 0 aliphatic heterocycles. The van der Waals surface area contributed by atoms with Crippen LogP contribution < -0.4 is 5.32 Å². The molecule has 0 atom stereocenters. The average Bonchev–Trinajstić information content (AvgIpc) is 2.95. The number of aromatic nitrogens is 1. The quantitative estimate of drug-likeness (QED) is 0.850. The molecule has 2 aromatic rings. The van der Waals surface area contributed by atoms with Gasteiger partial charge in [0.1, 0.15) is 0 Å². The van der Waals surface area contributed by atoms with Crippen LogP contribution in [-0.2, 0) is 4.79 Å². The number of amides is 1. The number of hydrogen-bond acceptors (Lipinski definition) is 5. The Balaban J connectivity index is 2.06. The highest BCUT2D eigenvalue weighted by atomic mass is 32.1. The van der Waals surface area contributed by atoms with Crippen LogP contribution in [0, 0.1) is 6.92 Å². The summed E-state index contributed by atoms with van der Waals surface area (Å²) in [5.74, 6) is -1.27. The Labute approximate surface area is 117 Å². The molecule has 2 N–H and O–H groups in total. The Morgan fingerprint density at radius 2 is 2.16 bits per heavy atom. The molecule has 0 aliphatic rings. The number of thiazole rings is 1. The van der Waals surface area contributed by atoms with Gasteiger partial charge in [0.2, 0.25) is 0 Å². The zero-order chi connectivity index (χ0) is 13.8. The topological polar surface area (TPSA) is 79.3 Å². The zero-order valence-corrected chi connectivity index (χ0v) is 11.5. The highest BCUT2D eigenvalue weighted by Crippen LogP contribution is 2.19. The monoisotopic (exact) mass is 294 g/mol. The summed E-state index contributed by atoms with van der Waals surface area (Å²) in [6.45, 7) is 1.85. The first-order chi connectivity index (χ1) is 9.04. The van der Waals surface area contributed by atoms with E-state index < -0.39 is 5.97 Å². The Kier molecular flexibility index (Phi) is 4.08. The van der Waals surface area contributed by atoms with E-state index in [0.29, 0.717) is 15.6 Å². The van der Waals surface area contributed by atoms with Crippen LogP contribution in [0.25, 0.3) is 6.08 Å². The van der Waals surface area contributed by atoms with E-state index in [1.807, 2.05) is 12.3 Å². The van der Waals surface area contributed by atoms with Crippen LogP contribution in [-0.4, -0.2) is 22.0 Å². The van der Waals surface area contributed by atoms with Gasteiger partial charge in [-0.15, -0.1) is 22.7 Å². The number of carbonyl (C=O) groups excluding carboxylic acids is 1. The molecule has 1 amide bonds. The van der Waals surface area contributed by atoms with E-state index in [9.17, 15) is 9.59 Å².